The first-order chi connectivity index (χ1) is 10.1. The third-order valence-electron chi connectivity index (χ3n) is 5.20. The van der Waals surface area contributed by atoms with E-state index >= 15 is 0 Å². The van der Waals surface area contributed by atoms with E-state index in [9.17, 15) is 4.79 Å². The Bertz CT molecular complexity index is 680. The SMILES string of the molecule is Cc1nn(C)cc1C(=O)NC1=C2C(=CCC1)C1CCC2C1. The predicted molar refractivity (Wildman–Crippen MR) is 80.6 cm³/mol. The summed E-state index contributed by atoms with van der Waals surface area (Å²) in [6, 6.07) is 0. The molecule has 2 bridgehead atoms. The van der Waals surface area contributed by atoms with Gasteiger partial charge in [-0.1, -0.05) is 6.08 Å². The minimum atomic E-state index is -0.00729. The van der Waals surface area contributed by atoms with E-state index in [1.54, 1.807) is 10.9 Å². The van der Waals surface area contributed by atoms with Crippen molar-refractivity contribution in [2.75, 3.05) is 0 Å². The van der Waals surface area contributed by atoms with Crippen molar-refractivity contribution in [2.45, 2.75) is 39.0 Å². The largest absolute Gasteiger partial charge is 0.325 e. The molecule has 1 N–H and O–H groups in total. The van der Waals surface area contributed by atoms with Crippen LogP contribution in [0, 0.1) is 18.8 Å². The molecule has 21 heavy (non-hydrogen) atoms. The summed E-state index contributed by atoms with van der Waals surface area (Å²) in [5.41, 5.74) is 5.65. The van der Waals surface area contributed by atoms with Crippen LogP contribution in [0.1, 0.15) is 48.2 Å². The molecular weight excluding hydrogens is 262 g/mol. The van der Waals surface area contributed by atoms with Gasteiger partial charge in [-0.3, -0.25) is 9.48 Å². The van der Waals surface area contributed by atoms with Gasteiger partial charge in [0, 0.05) is 18.9 Å². The quantitative estimate of drug-likeness (QED) is 0.907. The molecule has 2 fully saturated rings. The molecule has 1 aromatic rings. The summed E-state index contributed by atoms with van der Waals surface area (Å²) >= 11 is 0. The fourth-order valence-corrected chi connectivity index (χ4v) is 4.34. The zero-order valence-corrected chi connectivity index (χ0v) is 12.6. The lowest BCUT2D eigenvalue weighted by Gasteiger charge is -2.26. The molecule has 3 aliphatic carbocycles. The number of rotatable bonds is 2. The average Bonchev–Trinajstić information content (AvgIpc) is 3.14. The zero-order valence-electron chi connectivity index (χ0n) is 12.6. The molecule has 1 heterocycles. The van der Waals surface area contributed by atoms with Gasteiger partial charge in [-0.2, -0.15) is 5.10 Å². The van der Waals surface area contributed by atoms with Crippen LogP contribution in [0.25, 0.3) is 0 Å². The molecule has 0 aromatic carbocycles. The Labute approximate surface area is 124 Å². The van der Waals surface area contributed by atoms with Crippen LogP contribution in [-0.2, 0) is 7.05 Å². The van der Waals surface area contributed by atoms with Gasteiger partial charge in [-0.15, -0.1) is 0 Å². The summed E-state index contributed by atoms with van der Waals surface area (Å²) in [5, 5.41) is 7.45. The highest BCUT2D eigenvalue weighted by molar-refractivity contribution is 5.96. The van der Waals surface area contributed by atoms with E-state index in [0.29, 0.717) is 11.5 Å². The first-order valence-electron chi connectivity index (χ1n) is 7.88. The van der Waals surface area contributed by atoms with E-state index in [4.69, 9.17) is 0 Å². The molecule has 0 spiro atoms. The molecule has 110 valence electrons. The Kier molecular flexibility index (Phi) is 2.81. The third kappa shape index (κ3) is 1.96. The summed E-state index contributed by atoms with van der Waals surface area (Å²) in [6.45, 7) is 1.89. The molecule has 2 saturated carbocycles. The van der Waals surface area contributed by atoms with Crippen molar-refractivity contribution < 1.29 is 4.79 Å². The minimum absolute atomic E-state index is 0.00729. The number of hydrogen-bond donors (Lipinski definition) is 1. The van der Waals surface area contributed by atoms with Crippen LogP contribution < -0.4 is 5.32 Å². The number of nitrogens with one attached hydrogen (secondary N) is 1. The smallest absolute Gasteiger partial charge is 0.258 e. The van der Waals surface area contributed by atoms with Gasteiger partial charge in [0.1, 0.15) is 0 Å². The fourth-order valence-electron chi connectivity index (χ4n) is 4.34. The average molecular weight is 283 g/mol. The number of carbonyl (C=O) groups is 1. The molecule has 3 aliphatic rings. The lowest BCUT2D eigenvalue weighted by Crippen LogP contribution is -2.27. The number of aromatic nitrogens is 2. The van der Waals surface area contributed by atoms with Crippen LogP contribution in [0.2, 0.25) is 0 Å². The molecule has 0 radical (unpaired) electrons. The Balaban J connectivity index is 1.64. The van der Waals surface area contributed by atoms with Gasteiger partial charge in [0.25, 0.3) is 5.91 Å². The maximum Gasteiger partial charge on any atom is 0.258 e. The lowest BCUT2D eigenvalue weighted by molar-refractivity contribution is 0.0963. The lowest BCUT2D eigenvalue weighted by atomic mass is 9.83. The van der Waals surface area contributed by atoms with E-state index in [-0.39, 0.29) is 5.91 Å². The second-order valence-electron chi connectivity index (χ2n) is 6.55. The second-order valence-corrected chi connectivity index (χ2v) is 6.55. The molecular formula is C17H21N3O. The number of carbonyl (C=O) groups excluding carboxylic acids is 1. The van der Waals surface area contributed by atoms with Gasteiger partial charge >= 0.3 is 0 Å². The molecule has 4 rings (SSSR count). The van der Waals surface area contributed by atoms with Crippen LogP contribution >= 0.6 is 0 Å². The Morgan fingerprint density at radius 1 is 1.38 bits per heavy atom. The minimum Gasteiger partial charge on any atom is -0.325 e. The van der Waals surface area contributed by atoms with Gasteiger partial charge in [0.15, 0.2) is 0 Å². The van der Waals surface area contributed by atoms with Crippen molar-refractivity contribution in [1.82, 2.24) is 15.1 Å². The van der Waals surface area contributed by atoms with Crippen LogP contribution in [0.3, 0.4) is 0 Å². The first kappa shape index (κ1) is 12.9. The van der Waals surface area contributed by atoms with Crippen LogP contribution in [0.5, 0.6) is 0 Å². The Morgan fingerprint density at radius 3 is 2.95 bits per heavy atom. The maximum absolute atomic E-state index is 12.5. The van der Waals surface area contributed by atoms with Gasteiger partial charge in [-0.25, -0.2) is 0 Å². The van der Waals surface area contributed by atoms with Crippen LogP contribution in [0.4, 0.5) is 0 Å². The summed E-state index contributed by atoms with van der Waals surface area (Å²) in [6.07, 6.45) is 10.2. The molecule has 0 aliphatic heterocycles. The van der Waals surface area contributed by atoms with E-state index in [0.717, 1.165) is 24.5 Å². The van der Waals surface area contributed by atoms with Crippen molar-refractivity contribution in [3.8, 4) is 0 Å². The van der Waals surface area contributed by atoms with Crippen molar-refractivity contribution in [2.24, 2.45) is 18.9 Å². The van der Waals surface area contributed by atoms with Crippen LogP contribution in [0.15, 0.2) is 29.1 Å². The molecule has 4 nitrogen and oxygen atoms in total. The van der Waals surface area contributed by atoms with Crippen molar-refractivity contribution in [3.05, 3.63) is 40.4 Å². The standard InChI is InChI=1S/C17H21N3O/c1-10-14(9-20(2)19-10)17(21)18-15-5-3-4-13-11-6-7-12(8-11)16(13)15/h4,9,11-12H,3,5-8H2,1-2H3,(H,18,21). The van der Waals surface area contributed by atoms with Crippen molar-refractivity contribution >= 4 is 5.91 Å². The molecule has 2 atom stereocenters. The number of nitrogens with zero attached hydrogens (tertiary/aromatic N) is 2. The molecule has 2 unspecified atom stereocenters. The second kappa shape index (κ2) is 4.58. The topological polar surface area (TPSA) is 46.9 Å². The normalized spacial score (nSPS) is 26.9. The highest BCUT2D eigenvalue weighted by atomic mass is 16.1. The summed E-state index contributed by atoms with van der Waals surface area (Å²) in [7, 11) is 1.85. The highest BCUT2D eigenvalue weighted by Crippen LogP contribution is 2.54. The van der Waals surface area contributed by atoms with Crippen molar-refractivity contribution in [1.29, 1.82) is 0 Å². The molecule has 0 saturated heterocycles. The fraction of sp³-hybridized carbons (Fsp3) is 0.529. The first-order valence-corrected chi connectivity index (χ1v) is 7.88. The summed E-state index contributed by atoms with van der Waals surface area (Å²) in [5.74, 6) is 1.44. The maximum atomic E-state index is 12.5. The predicted octanol–water partition coefficient (Wildman–Crippen LogP) is 2.86. The Hall–Kier alpha value is -1.84. The molecule has 1 aromatic heterocycles. The van der Waals surface area contributed by atoms with Gasteiger partial charge < -0.3 is 5.32 Å². The van der Waals surface area contributed by atoms with Crippen LogP contribution in [-0.4, -0.2) is 15.7 Å². The molecule has 4 heteroatoms. The van der Waals surface area contributed by atoms with E-state index in [2.05, 4.69) is 16.5 Å². The van der Waals surface area contributed by atoms with Gasteiger partial charge in [0.05, 0.1) is 11.3 Å². The van der Waals surface area contributed by atoms with E-state index in [1.165, 1.54) is 36.1 Å². The summed E-state index contributed by atoms with van der Waals surface area (Å²) < 4.78 is 1.70. The highest BCUT2D eigenvalue weighted by Gasteiger charge is 2.42. The third-order valence-corrected chi connectivity index (χ3v) is 5.20. The van der Waals surface area contributed by atoms with Gasteiger partial charge in [0.2, 0.25) is 0 Å². The van der Waals surface area contributed by atoms with Crippen molar-refractivity contribution in [3.63, 3.8) is 0 Å². The molecule has 1 amide bonds. The number of amides is 1. The number of allylic oxidation sites excluding steroid dienone is 4. The number of aryl methyl sites for hydroxylation is 2. The monoisotopic (exact) mass is 283 g/mol. The Morgan fingerprint density at radius 2 is 2.19 bits per heavy atom. The number of hydrogen-bond acceptors (Lipinski definition) is 2. The van der Waals surface area contributed by atoms with E-state index < -0.39 is 0 Å². The van der Waals surface area contributed by atoms with Gasteiger partial charge in [-0.05, 0) is 62.0 Å². The summed E-state index contributed by atoms with van der Waals surface area (Å²) in [4.78, 5) is 12.5. The van der Waals surface area contributed by atoms with E-state index in [1.807, 2.05) is 14.0 Å². The zero-order chi connectivity index (χ0) is 14.6. The number of fused-ring (bicyclic) bond motifs is 5.